The van der Waals surface area contributed by atoms with Crippen molar-refractivity contribution in [2.75, 3.05) is 16.9 Å². The number of unbranched alkanes of at least 4 members (excludes halogenated alkanes) is 12. The molecule has 1 N–H and O–H groups in total. The van der Waals surface area contributed by atoms with Crippen LogP contribution in [0.3, 0.4) is 0 Å². The minimum absolute atomic E-state index is 0.683. The smallest absolute Gasteiger partial charge is 0.225 e. The molecule has 4 nitrogen and oxygen atoms in total. The average molecular weight is 451 g/mol. The SMILES string of the molecule is C1=CSCS1.CCCCCCCC/C=C\CCCCCCCCNc1ncncn1. The molecule has 0 amide bonds. The fourth-order valence-corrected chi connectivity index (χ4v) is 4.67. The summed E-state index contributed by atoms with van der Waals surface area (Å²) in [6.07, 6.45) is 26.6. The summed E-state index contributed by atoms with van der Waals surface area (Å²) in [7, 11) is 0. The van der Waals surface area contributed by atoms with E-state index in [-0.39, 0.29) is 0 Å². The first-order chi connectivity index (χ1) is 14.9. The van der Waals surface area contributed by atoms with Crippen molar-refractivity contribution in [3.05, 3.63) is 35.6 Å². The van der Waals surface area contributed by atoms with Crippen LogP contribution in [0.15, 0.2) is 35.6 Å². The van der Waals surface area contributed by atoms with E-state index in [0.717, 1.165) is 6.54 Å². The Labute approximate surface area is 193 Å². The molecule has 0 bridgehead atoms. The predicted molar refractivity (Wildman–Crippen MR) is 137 cm³/mol. The first kappa shape index (κ1) is 27.0. The van der Waals surface area contributed by atoms with E-state index in [1.54, 1.807) is 0 Å². The van der Waals surface area contributed by atoms with Crippen molar-refractivity contribution in [1.82, 2.24) is 15.0 Å². The lowest BCUT2D eigenvalue weighted by Gasteiger charge is -2.03. The minimum Gasteiger partial charge on any atom is -0.354 e. The van der Waals surface area contributed by atoms with Crippen LogP contribution in [0.1, 0.15) is 96.8 Å². The zero-order valence-electron chi connectivity index (χ0n) is 18.9. The Morgan fingerprint density at radius 1 is 0.767 bits per heavy atom. The molecule has 0 saturated heterocycles. The number of anilines is 1. The molecule has 2 heterocycles. The lowest BCUT2D eigenvalue weighted by atomic mass is 10.1. The molecule has 1 aliphatic rings. The number of aromatic nitrogens is 3. The fourth-order valence-electron chi connectivity index (χ4n) is 3.10. The van der Waals surface area contributed by atoms with Crippen LogP contribution in [-0.2, 0) is 0 Å². The van der Waals surface area contributed by atoms with E-state index in [4.69, 9.17) is 0 Å². The van der Waals surface area contributed by atoms with Gasteiger partial charge in [0, 0.05) is 11.6 Å². The van der Waals surface area contributed by atoms with Gasteiger partial charge in [0.05, 0.1) is 0 Å². The van der Waals surface area contributed by atoms with Crippen molar-refractivity contribution in [1.29, 1.82) is 0 Å². The number of hydrogen-bond acceptors (Lipinski definition) is 6. The van der Waals surface area contributed by atoms with Crippen LogP contribution in [0.5, 0.6) is 0 Å². The highest BCUT2D eigenvalue weighted by Crippen LogP contribution is 2.22. The van der Waals surface area contributed by atoms with Gasteiger partial charge in [-0.3, -0.25) is 0 Å². The van der Waals surface area contributed by atoms with E-state index in [9.17, 15) is 0 Å². The third-order valence-electron chi connectivity index (χ3n) is 4.85. The van der Waals surface area contributed by atoms with E-state index in [1.807, 2.05) is 23.5 Å². The van der Waals surface area contributed by atoms with Gasteiger partial charge in [0.2, 0.25) is 5.95 Å². The monoisotopic (exact) mass is 450 g/mol. The summed E-state index contributed by atoms with van der Waals surface area (Å²) in [4.78, 5) is 11.9. The first-order valence-corrected chi connectivity index (χ1v) is 13.9. The van der Waals surface area contributed by atoms with Crippen LogP contribution in [-0.4, -0.2) is 26.6 Å². The van der Waals surface area contributed by atoms with Gasteiger partial charge in [0.1, 0.15) is 12.7 Å². The molecule has 2 rings (SSSR count). The van der Waals surface area contributed by atoms with Gasteiger partial charge in [-0.05, 0) is 42.9 Å². The fraction of sp³-hybridized carbons (Fsp3) is 0.708. The van der Waals surface area contributed by atoms with Crippen molar-refractivity contribution in [2.45, 2.75) is 96.8 Å². The van der Waals surface area contributed by atoms with E-state index in [0.29, 0.717) is 5.95 Å². The number of nitrogens with zero attached hydrogens (tertiary/aromatic N) is 3. The van der Waals surface area contributed by atoms with Crippen LogP contribution in [0.4, 0.5) is 5.95 Å². The molecule has 0 atom stereocenters. The first-order valence-electron chi connectivity index (χ1n) is 11.8. The maximum atomic E-state index is 4.05. The second-order valence-electron chi connectivity index (χ2n) is 7.55. The maximum absolute atomic E-state index is 4.05. The van der Waals surface area contributed by atoms with Gasteiger partial charge in [-0.25, -0.2) is 15.0 Å². The summed E-state index contributed by atoms with van der Waals surface area (Å²) in [5, 5.41) is 8.68. The summed E-state index contributed by atoms with van der Waals surface area (Å²) in [6.45, 7) is 3.23. The molecule has 0 unspecified atom stereocenters. The topological polar surface area (TPSA) is 50.7 Å². The number of hydrogen-bond donors (Lipinski definition) is 1. The predicted octanol–water partition coefficient (Wildman–Crippen LogP) is 8.22. The Bertz CT molecular complexity index is 517. The minimum atomic E-state index is 0.683. The highest BCUT2D eigenvalue weighted by atomic mass is 32.2. The molecule has 0 radical (unpaired) electrons. The van der Waals surface area contributed by atoms with Crippen LogP contribution in [0.2, 0.25) is 0 Å². The summed E-state index contributed by atoms with van der Waals surface area (Å²) >= 11 is 3.71. The molecule has 0 spiro atoms. The standard InChI is InChI=1S/C21H38N4.C3H4S2/c1-2-3-4-5-6-7-8-9-10-11-12-13-14-15-16-17-18-23-21-24-19-22-20-25-21;1-2-5-3-4-1/h9-10,19-20H,2-8,11-18H2,1H3,(H,22,23,24,25);1-2H,3H2/b10-9-;. The molecular formula is C24H42N4S2. The van der Waals surface area contributed by atoms with E-state index in [2.05, 4.69) is 50.2 Å². The van der Waals surface area contributed by atoms with Gasteiger partial charge < -0.3 is 5.32 Å². The van der Waals surface area contributed by atoms with Crippen LogP contribution in [0, 0.1) is 0 Å². The van der Waals surface area contributed by atoms with Gasteiger partial charge in [-0.15, -0.1) is 23.5 Å². The van der Waals surface area contributed by atoms with Gasteiger partial charge >= 0.3 is 0 Å². The van der Waals surface area contributed by atoms with Gasteiger partial charge in [0.25, 0.3) is 0 Å². The highest BCUT2D eigenvalue weighted by molar-refractivity contribution is 8.21. The molecule has 0 saturated carbocycles. The largest absolute Gasteiger partial charge is 0.354 e. The van der Waals surface area contributed by atoms with Crippen molar-refractivity contribution in [2.24, 2.45) is 0 Å². The van der Waals surface area contributed by atoms with Crippen LogP contribution < -0.4 is 5.32 Å². The number of allylic oxidation sites excluding steroid dienone is 2. The number of rotatable bonds is 17. The Morgan fingerprint density at radius 2 is 1.30 bits per heavy atom. The molecule has 6 heteroatoms. The van der Waals surface area contributed by atoms with Crippen molar-refractivity contribution >= 4 is 29.5 Å². The second kappa shape index (κ2) is 22.7. The Kier molecular flexibility index (Phi) is 20.4. The quantitative estimate of drug-likeness (QED) is 0.190. The zero-order valence-corrected chi connectivity index (χ0v) is 20.6. The van der Waals surface area contributed by atoms with Crippen LogP contribution in [0.25, 0.3) is 0 Å². The molecule has 1 aliphatic heterocycles. The molecule has 0 aromatic carbocycles. The Morgan fingerprint density at radius 3 is 1.83 bits per heavy atom. The molecule has 1 aromatic rings. The normalized spacial score (nSPS) is 12.8. The van der Waals surface area contributed by atoms with Gasteiger partial charge in [0.15, 0.2) is 0 Å². The Hall–Kier alpha value is -1.01. The third-order valence-corrected chi connectivity index (χ3v) is 6.77. The molecule has 1 aromatic heterocycles. The molecule has 30 heavy (non-hydrogen) atoms. The second-order valence-corrected chi connectivity index (χ2v) is 9.70. The third kappa shape index (κ3) is 19.0. The van der Waals surface area contributed by atoms with Crippen LogP contribution >= 0.6 is 23.5 Å². The average Bonchev–Trinajstić information content (AvgIpc) is 3.37. The summed E-state index contributed by atoms with van der Waals surface area (Å²) < 4.78 is 0. The summed E-state index contributed by atoms with van der Waals surface area (Å²) in [6, 6.07) is 0. The van der Waals surface area contributed by atoms with Crippen molar-refractivity contribution in [3.8, 4) is 0 Å². The lowest BCUT2D eigenvalue weighted by molar-refractivity contribution is 0.602. The van der Waals surface area contributed by atoms with Crippen molar-refractivity contribution in [3.63, 3.8) is 0 Å². The molecular weight excluding hydrogens is 408 g/mol. The van der Waals surface area contributed by atoms with Crippen molar-refractivity contribution < 1.29 is 0 Å². The Balaban J connectivity index is 0.000000780. The lowest BCUT2D eigenvalue weighted by Crippen LogP contribution is -2.05. The molecule has 0 fully saturated rings. The highest BCUT2D eigenvalue weighted by Gasteiger charge is 1.94. The molecule has 170 valence electrons. The summed E-state index contributed by atoms with van der Waals surface area (Å²) in [5.74, 6) is 0.683. The van der Waals surface area contributed by atoms with Gasteiger partial charge in [-0.2, -0.15) is 0 Å². The summed E-state index contributed by atoms with van der Waals surface area (Å²) in [5.41, 5.74) is 0. The maximum Gasteiger partial charge on any atom is 0.225 e. The van der Waals surface area contributed by atoms with Gasteiger partial charge in [-0.1, -0.05) is 76.9 Å². The number of nitrogens with one attached hydrogen (secondary N) is 1. The van der Waals surface area contributed by atoms with E-state index in [1.165, 1.54) is 108 Å². The zero-order chi connectivity index (χ0) is 21.4. The van der Waals surface area contributed by atoms with E-state index < -0.39 is 0 Å². The van der Waals surface area contributed by atoms with E-state index >= 15 is 0 Å². The molecule has 0 aliphatic carbocycles. The number of thioether (sulfide) groups is 2.